The Bertz CT molecular complexity index is 516. The van der Waals surface area contributed by atoms with Crippen LogP contribution in [-0.4, -0.2) is 103 Å². The molecule has 4 bridgehead atoms. The van der Waals surface area contributed by atoms with Gasteiger partial charge in [0.2, 0.25) is 0 Å². The van der Waals surface area contributed by atoms with Crippen LogP contribution in [0.3, 0.4) is 0 Å². The summed E-state index contributed by atoms with van der Waals surface area (Å²) in [5.41, 5.74) is 3.99. The zero-order valence-corrected chi connectivity index (χ0v) is 21.2. The zero-order chi connectivity index (χ0) is 21.5. The highest BCUT2D eigenvalue weighted by atomic mass is 28.4. The summed E-state index contributed by atoms with van der Waals surface area (Å²) in [5.74, 6) is 0. The molecular formula is C20H38N2O6Si2. The first kappa shape index (κ1) is 23.0. The van der Waals surface area contributed by atoms with E-state index in [2.05, 4.69) is 51.3 Å². The summed E-state index contributed by atoms with van der Waals surface area (Å²) in [6.07, 6.45) is 0.185. The van der Waals surface area contributed by atoms with E-state index < -0.39 is 17.6 Å². The highest BCUT2D eigenvalue weighted by Gasteiger charge is 2.52. The Hall–Kier alpha value is -0.146. The van der Waals surface area contributed by atoms with Crippen molar-refractivity contribution >= 4 is 17.6 Å². The van der Waals surface area contributed by atoms with Crippen LogP contribution in [0.25, 0.3) is 0 Å². The summed E-state index contributed by atoms with van der Waals surface area (Å²) < 4.78 is 38.8. The summed E-state index contributed by atoms with van der Waals surface area (Å²) in [6.45, 7) is 17.9. The molecule has 0 N–H and O–H groups in total. The van der Waals surface area contributed by atoms with Crippen LogP contribution in [0.5, 0.6) is 0 Å². The highest BCUT2D eigenvalue weighted by molar-refractivity contribution is 6.72. The molecule has 0 aromatic rings. The molecule has 0 aliphatic carbocycles. The third-order valence-corrected chi connectivity index (χ3v) is 11.6. The fourth-order valence-electron chi connectivity index (χ4n) is 5.14. The van der Waals surface area contributed by atoms with E-state index >= 15 is 0 Å². The number of fused-ring (bicyclic) bond motifs is 12. The summed E-state index contributed by atoms with van der Waals surface area (Å²) in [6, 6.07) is 0. The maximum absolute atomic E-state index is 6.46. The Morgan fingerprint density at radius 2 is 0.667 bits per heavy atom. The van der Waals surface area contributed by atoms with E-state index in [0.717, 1.165) is 39.3 Å². The largest absolute Gasteiger partial charge is 0.529 e. The molecule has 6 unspecified atom stereocenters. The van der Waals surface area contributed by atoms with Gasteiger partial charge in [-0.2, -0.15) is 0 Å². The first-order valence-electron chi connectivity index (χ1n) is 11.4. The molecule has 8 nitrogen and oxygen atoms in total. The second-order valence-corrected chi connectivity index (χ2v) is 14.0. The van der Waals surface area contributed by atoms with E-state index in [4.69, 9.17) is 26.6 Å². The van der Waals surface area contributed by atoms with Gasteiger partial charge >= 0.3 is 17.6 Å². The first-order chi connectivity index (χ1) is 14.1. The Morgan fingerprint density at radius 1 is 0.467 bits per heavy atom. The SMILES string of the molecule is CC1CN2CC(C)O[Si](/C=C/[Si]34OC(C)CN(CC(C)O3)CC(C)O4)(O1)OC(C)C2. The van der Waals surface area contributed by atoms with Gasteiger partial charge in [0.1, 0.15) is 0 Å². The molecule has 0 aromatic heterocycles. The molecule has 30 heavy (non-hydrogen) atoms. The average molecular weight is 459 g/mol. The maximum Gasteiger partial charge on any atom is 0.529 e. The molecule has 6 aliphatic heterocycles. The van der Waals surface area contributed by atoms with Gasteiger partial charge in [-0.3, -0.25) is 9.80 Å². The van der Waals surface area contributed by atoms with Gasteiger partial charge in [-0.1, -0.05) is 0 Å². The lowest BCUT2D eigenvalue weighted by molar-refractivity contribution is -0.0753. The lowest BCUT2D eigenvalue weighted by Crippen LogP contribution is -2.62. The highest BCUT2D eigenvalue weighted by Crippen LogP contribution is 2.30. The minimum absolute atomic E-state index is 0.0308. The third kappa shape index (κ3) is 5.42. The number of nitrogens with zero attached hydrogens (tertiary/aromatic N) is 2. The van der Waals surface area contributed by atoms with Crippen molar-refractivity contribution in [1.29, 1.82) is 0 Å². The van der Waals surface area contributed by atoms with E-state index in [1.807, 2.05) is 11.4 Å². The quantitative estimate of drug-likeness (QED) is 0.578. The van der Waals surface area contributed by atoms with Crippen LogP contribution in [0, 0.1) is 0 Å². The lowest BCUT2D eigenvalue weighted by Gasteiger charge is -2.45. The van der Waals surface area contributed by atoms with Crippen molar-refractivity contribution in [2.24, 2.45) is 0 Å². The van der Waals surface area contributed by atoms with Gasteiger partial charge < -0.3 is 26.6 Å². The van der Waals surface area contributed by atoms with Crippen LogP contribution in [0.4, 0.5) is 0 Å². The molecule has 10 heteroatoms. The van der Waals surface area contributed by atoms with Crippen molar-refractivity contribution in [2.45, 2.75) is 78.2 Å². The molecule has 6 rings (SSSR count). The van der Waals surface area contributed by atoms with Gasteiger partial charge in [0.15, 0.2) is 0 Å². The van der Waals surface area contributed by atoms with Crippen LogP contribution in [0.2, 0.25) is 0 Å². The van der Waals surface area contributed by atoms with Crippen molar-refractivity contribution in [2.75, 3.05) is 39.3 Å². The summed E-state index contributed by atoms with van der Waals surface area (Å²) >= 11 is 0. The molecule has 6 fully saturated rings. The molecular weight excluding hydrogens is 420 g/mol. The topological polar surface area (TPSA) is 61.9 Å². The lowest BCUT2D eigenvalue weighted by atomic mass is 10.2. The Morgan fingerprint density at radius 3 is 0.867 bits per heavy atom. The molecule has 0 saturated carbocycles. The van der Waals surface area contributed by atoms with Gasteiger partial charge in [-0.15, -0.1) is 0 Å². The fourth-order valence-corrected chi connectivity index (χ4v) is 11.4. The predicted octanol–water partition coefficient (Wildman–Crippen LogP) is 1.59. The van der Waals surface area contributed by atoms with Crippen molar-refractivity contribution in [3.63, 3.8) is 0 Å². The molecule has 6 aliphatic rings. The second-order valence-electron chi connectivity index (χ2n) is 9.55. The fraction of sp³-hybridized carbons (Fsp3) is 0.900. The smallest absolute Gasteiger partial charge is 0.366 e. The molecule has 6 saturated heterocycles. The predicted molar refractivity (Wildman–Crippen MR) is 117 cm³/mol. The Balaban J connectivity index is 1.66. The Kier molecular flexibility index (Phi) is 6.91. The van der Waals surface area contributed by atoms with Crippen LogP contribution in [-0.2, 0) is 26.6 Å². The third-order valence-electron chi connectivity index (χ3n) is 5.78. The Labute approximate surface area is 183 Å². The van der Waals surface area contributed by atoms with Gasteiger partial charge in [-0.05, 0) is 52.9 Å². The second kappa shape index (κ2) is 9.01. The van der Waals surface area contributed by atoms with Crippen LogP contribution in [0.15, 0.2) is 11.4 Å². The van der Waals surface area contributed by atoms with Gasteiger partial charge in [0.05, 0.1) is 36.6 Å². The molecule has 0 spiro atoms. The van der Waals surface area contributed by atoms with Crippen molar-refractivity contribution in [1.82, 2.24) is 9.80 Å². The summed E-state index contributed by atoms with van der Waals surface area (Å²) in [4.78, 5) is 4.73. The summed E-state index contributed by atoms with van der Waals surface area (Å²) in [5, 5.41) is 0. The monoisotopic (exact) mass is 458 g/mol. The summed E-state index contributed by atoms with van der Waals surface area (Å²) in [7, 11) is -6.16. The molecule has 0 aromatic carbocycles. The van der Waals surface area contributed by atoms with Crippen molar-refractivity contribution in [3.05, 3.63) is 11.4 Å². The number of rotatable bonds is 2. The minimum atomic E-state index is -3.08. The first-order valence-corrected chi connectivity index (χ1v) is 15.0. The van der Waals surface area contributed by atoms with E-state index in [-0.39, 0.29) is 36.6 Å². The normalized spacial score (nSPS) is 52.9. The van der Waals surface area contributed by atoms with Gasteiger partial charge in [0.25, 0.3) is 0 Å². The average Bonchev–Trinajstić information content (AvgIpc) is 2.53. The van der Waals surface area contributed by atoms with E-state index in [1.54, 1.807) is 0 Å². The zero-order valence-electron chi connectivity index (χ0n) is 19.2. The van der Waals surface area contributed by atoms with E-state index in [1.165, 1.54) is 0 Å². The van der Waals surface area contributed by atoms with Crippen LogP contribution < -0.4 is 0 Å². The number of hydrogen-bond acceptors (Lipinski definition) is 8. The van der Waals surface area contributed by atoms with Gasteiger partial charge in [0, 0.05) is 39.3 Å². The van der Waals surface area contributed by atoms with Crippen molar-refractivity contribution in [3.8, 4) is 0 Å². The molecule has 0 amide bonds. The van der Waals surface area contributed by atoms with Gasteiger partial charge in [-0.25, -0.2) is 0 Å². The van der Waals surface area contributed by atoms with Crippen molar-refractivity contribution < 1.29 is 26.6 Å². The molecule has 6 heterocycles. The molecule has 6 atom stereocenters. The minimum Gasteiger partial charge on any atom is -0.366 e. The van der Waals surface area contributed by atoms with E-state index in [9.17, 15) is 0 Å². The van der Waals surface area contributed by atoms with Crippen LogP contribution >= 0.6 is 0 Å². The van der Waals surface area contributed by atoms with E-state index in [0.29, 0.717) is 0 Å². The maximum atomic E-state index is 6.46. The molecule has 172 valence electrons. The number of hydrogen-bond donors (Lipinski definition) is 0. The molecule has 0 radical (unpaired) electrons. The standard InChI is InChI=1S/C20H38N2O6Si2/c1-15-9-21-10-16(2)24-29(23-15,25-17(3)11-21)7-8-30-26-18(4)12-22(13-19(5)27-30)14-20(6)28-30/h7-8,15-20H,9-14H2,1-6H3/b8-7+. The van der Waals surface area contributed by atoms with Crippen LogP contribution in [0.1, 0.15) is 41.5 Å².